The number of fused-ring (bicyclic) bond motifs is 1. The van der Waals surface area contributed by atoms with Gasteiger partial charge in [0.05, 0.1) is 5.60 Å². The summed E-state index contributed by atoms with van der Waals surface area (Å²) >= 11 is 0. The molecule has 1 amide bonds. The summed E-state index contributed by atoms with van der Waals surface area (Å²) in [7, 11) is 1.71. The Morgan fingerprint density at radius 2 is 1.85 bits per heavy atom. The number of halogens is 1. The normalized spacial score (nSPS) is 11.8. The third-order valence-electron chi connectivity index (χ3n) is 6.68. The van der Waals surface area contributed by atoms with Crippen LogP contribution in [-0.4, -0.2) is 28.1 Å². The van der Waals surface area contributed by atoms with Gasteiger partial charge in [0.2, 0.25) is 5.91 Å². The third-order valence-corrected chi connectivity index (χ3v) is 6.68. The SMILES string of the molecule is Cc1cc(F)ccc1Oc1ccc(C(C)(C)OCCCC(=O)NC(C)C)cc1-c1cn(C)c(=O)c2[nH]ccc12. The Morgan fingerprint density at radius 1 is 1.10 bits per heavy atom. The first-order chi connectivity index (χ1) is 18.5. The molecular weight excluding hydrogens is 497 g/mol. The molecule has 0 aliphatic heterocycles. The second-order valence-corrected chi connectivity index (χ2v) is 10.6. The van der Waals surface area contributed by atoms with Gasteiger partial charge in [0.25, 0.3) is 5.56 Å². The standard InChI is InChI=1S/C31H36FN3O4/c1-19(2)34-28(36)8-7-15-38-31(4,5)21-9-11-27(39-26-12-10-22(32)16-20(26)3)24(17-21)25-18-35(6)30(37)29-23(25)13-14-33-29/h9-14,16-19,33H,7-8,15H2,1-6H3,(H,34,36). The molecule has 0 saturated heterocycles. The van der Waals surface area contributed by atoms with Gasteiger partial charge in [0.15, 0.2) is 0 Å². The van der Waals surface area contributed by atoms with Gasteiger partial charge >= 0.3 is 0 Å². The minimum Gasteiger partial charge on any atom is -0.456 e. The lowest BCUT2D eigenvalue weighted by Crippen LogP contribution is -2.30. The van der Waals surface area contributed by atoms with Crippen LogP contribution in [0.2, 0.25) is 0 Å². The summed E-state index contributed by atoms with van der Waals surface area (Å²) in [4.78, 5) is 27.8. The van der Waals surface area contributed by atoms with Crippen LogP contribution < -0.4 is 15.6 Å². The maximum Gasteiger partial charge on any atom is 0.274 e. The van der Waals surface area contributed by atoms with Crippen LogP contribution in [0, 0.1) is 12.7 Å². The van der Waals surface area contributed by atoms with Gasteiger partial charge in [-0.2, -0.15) is 0 Å². The molecule has 0 aliphatic carbocycles. The number of nitrogens with zero attached hydrogens (tertiary/aromatic N) is 1. The average Bonchev–Trinajstić information content (AvgIpc) is 3.36. The van der Waals surface area contributed by atoms with Crippen LogP contribution in [-0.2, 0) is 22.2 Å². The molecule has 2 N–H and O–H groups in total. The monoisotopic (exact) mass is 533 g/mol. The zero-order valence-electron chi connectivity index (χ0n) is 23.4. The molecule has 4 aromatic rings. The fourth-order valence-electron chi connectivity index (χ4n) is 4.57. The molecule has 2 aromatic carbocycles. The summed E-state index contributed by atoms with van der Waals surface area (Å²) in [6, 6.07) is 12.2. The summed E-state index contributed by atoms with van der Waals surface area (Å²) in [6.07, 6.45) is 4.53. The first kappa shape index (κ1) is 28.1. The van der Waals surface area contributed by atoms with Crippen molar-refractivity contribution in [2.75, 3.05) is 6.61 Å². The molecule has 0 fully saturated rings. The predicted molar refractivity (Wildman–Crippen MR) is 152 cm³/mol. The highest BCUT2D eigenvalue weighted by molar-refractivity contribution is 5.96. The van der Waals surface area contributed by atoms with Crippen LogP contribution in [0.15, 0.2) is 59.7 Å². The molecule has 0 radical (unpaired) electrons. The topological polar surface area (TPSA) is 85.3 Å². The summed E-state index contributed by atoms with van der Waals surface area (Å²) in [5.41, 5.74) is 2.87. The van der Waals surface area contributed by atoms with Crippen LogP contribution in [0.3, 0.4) is 0 Å². The van der Waals surface area contributed by atoms with E-state index >= 15 is 0 Å². The van der Waals surface area contributed by atoms with Gasteiger partial charge in [-0.25, -0.2) is 4.39 Å². The van der Waals surface area contributed by atoms with E-state index in [1.54, 1.807) is 32.4 Å². The van der Waals surface area contributed by atoms with E-state index < -0.39 is 5.60 Å². The van der Waals surface area contributed by atoms with Crippen molar-refractivity contribution in [1.82, 2.24) is 14.9 Å². The third kappa shape index (κ3) is 6.40. The van der Waals surface area contributed by atoms with E-state index in [1.165, 1.54) is 16.7 Å². The van der Waals surface area contributed by atoms with Crippen molar-refractivity contribution in [1.29, 1.82) is 0 Å². The number of aromatic nitrogens is 2. The van der Waals surface area contributed by atoms with Gasteiger partial charge in [0, 0.05) is 55.0 Å². The number of benzene rings is 2. The zero-order chi connectivity index (χ0) is 28.3. The lowest BCUT2D eigenvalue weighted by Gasteiger charge is -2.27. The van der Waals surface area contributed by atoms with Gasteiger partial charge in [-0.3, -0.25) is 9.59 Å². The number of ether oxygens (including phenoxy) is 2. The number of carbonyl (C=O) groups is 1. The van der Waals surface area contributed by atoms with Crippen LogP contribution in [0.5, 0.6) is 11.5 Å². The van der Waals surface area contributed by atoms with Gasteiger partial charge in [-0.1, -0.05) is 6.07 Å². The van der Waals surface area contributed by atoms with Crippen molar-refractivity contribution in [2.45, 2.75) is 59.1 Å². The van der Waals surface area contributed by atoms with E-state index in [-0.39, 0.29) is 23.3 Å². The number of pyridine rings is 1. The Morgan fingerprint density at radius 3 is 2.56 bits per heavy atom. The molecule has 0 atom stereocenters. The molecule has 39 heavy (non-hydrogen) atoms. The van der Waals surface area contributed by atoms with Crippen molar-refractivity contribution in [2.24, 2.45) is 7.05 Å². The Kier molecular flexibility index (Phi) is 8.25. The summed E-state index contributed by atoms with van der Waals surface area (Å²) < 4.78 is 27.8. The minimum absolute atomic E-state index is 0.0106. The van der Waals surface area contributed by atoms with Gasteiger partial charge in [-0.15, -0.1) is 0 Å². The lowest BCUT2D eigenvalue weighted by atomic mass is 9.92. The van der Waals surface area contributed by atoms with Gasteiger partial charge in [0.1, 0.15) is 22.8 Å². The van der Waals surface area contributed by atoms with Crippen LogP contribution in [0.4, 0.5) is 4.39 Å². The number of rotatable bonds is 10. The number of aryl methyl sites for hydroxylation is 2. The van der Waals surface area contributed by atoms with Crippen molar-refractivity contribution < 1.29 is 18.7 Å². The average molecular weight is 534 g/mol. The molecule has 0 bridgehead atoms. The quantitative estimate of drug-likeness (QED) is 0.233. The summed E-state index contributed by atoms with van der Waals surface area (Å²) in [5.74, 6) is 0.783. The Bertz CT molecular complexity index is 1550. The maximum absolute atomic E-state index is 13.7. The molecule has 0 aliphatic rings. The molecule has 4 rings (SSSR count). The number of carbonyl (C=O) groups excluding carboxylic acids is 1. The van der Waals surface area contributed by atoms with Crippen LogP contribution in [0.1, 0.15) is 51.7 Å². The molecule has 0 spiro atoms. The molecule has 2 aromatic heterocycles. The number of hydrogen-bond acceptors (Lipinski definition) is 4. The molecule has 0 saturated carbocycles. The number of amides is 1. The zero-order valence-corrected chi connectivity index (χ0v) is 23.4. The summed E-state index contributed by atoms with van der Waals surface area (Å²) in [6.45, 7) is 10.1. The number of aromatic amines is 1. The molecule has 2 heterocycles. The molecular formula is C31H36FN3O4. The highest BCUT2D eigenvalue weighted by atomic mass is 19.1. The van der Waals surface area contributed by atoms with E-state index in [9.17, 15) is 14.0 Å². The van der Waals surface area contributed by atoms with Crippen LogP contribution in [0.25, 0.3) is 22.0 Å². The Hall–Kier alpha value is -3.91. The van der Waals surface area contributed by atoms with Crippen molar-refractivity contribution >= 4 is 16.8 Å². The van der Waals surface area contributed by atoms with E-state index in [0.29, 0.717) is 42.0 Å². The first-order valence-corrected chi connectivity index (χ1v) is 13.1. The molecule has 0 unspecified atom stereocenters. The van der Waals surface area contributed by atoms with E-state index in [4.69, 9.17) is 9.47 Å². The summed E-state index contributed by atoms with van der Waals surface area (Å²) in [5, 5.41) is 3.66. The van der Waals surface area contributed by atoms with Crippen molar-refractivity contribution in [3.05, 3.63) is 82.2 Å². The molecule has 206 valence electrons. The Balaban J connectivity index is 1.71. The number of hydrogen-bond donors (Lipinski definition) is 2. The van der Waals surface area contributed by atoms with E-state index in [2.05, 4.69) is 10.3 Å². The minimum atomic E-state index is -0.661. The highest BCUT2D eigenvalue weighted by Crippen LogP contribution is 2.40. The predicted octanol–water partition coefficient (Wildman–Crippen LogP) is 6.33. The molecule has 7 nitrogen and oxygen atoms in total. The smallest absolute Gasteiger partial charge is 0.274 e. The second kappa shape index (κ2) is 11.5. The first-order valence-electron chi connectivity index (χ1n) is 13.1. The molecule has 8 heteroatoms. The largest absolute Gasteiger partial charge is 0.456 e. The van der Waals surface area contributed by atoms with E-state index in [0.717, 1.165) is 22.1 Å². The number of H-pyrrole nitrogens is 1. The maximum atomic E-state index is 13.7. The highest BCUT2D eigenvalue weighted by Gasteiger charge is 2.25. The van der Waals surface area contributed by atoms with Gasteiger partial charge < -0.3 is 24.3 Å². The van der Waals surface area contributed by atoms with Gasteiger partial charge in [-0.05, 0) is 88.6 Å². The second-order valence-electron chi connectivity index (χ2n) is 10.6. The Labute approximate surface area is 228 Å². The lowest BCUT2D eigenvalue weighted by molar-refractivity contribution is -0.122. The van der Waals surface area contributed by atoms with Crippen molar-refractivity contribution in [3.8, 4) is 22.6 Å². The van der Waals surface area contributed by atoms with E-state index in [1.807, 2.05) is 52.0 Å². The fraction of sp³-hybridized carbons (Fsp3) is 0.355. The number of nitrogens with one attached hydrogen (secondary N) is 2. The van der Waals surface area contributed by atoms with Crippen molar-refractivity contribution in [3.63, 3.8) is 0 Å². The fourth-order valence-corrected chi connectivity index (χ4v) is 4.57. The van der Waals surface area contributed by atoms with Crippen LogP contribution >= 0.6 is 0 Å².